The fraction of sp³-hybridized carbons (Fsp3) is 0.571. The molecule has 0 aliphatic heterocycles. The lowest BCUT2D eigenvalue weighted by molar-refractivity contribution is 0.124. The van der Waals surface area contributed by atoms with Crippen LogP contribution in [0.15, 0.2) is 12.1 Å². The molecule has 1 heterocycles. The van der Waals surface area contributed by atoms with Crippen molar-refractivity contribution in [2.45, 2.75) is 26.2 Å². The molecule has 1 fully saturated rings. The van der Waals surface area contributed by atoms with Crippen molar-refractivity contribution < 1.29 is 4.74 Å². The van der Waals surface area contributed by atoms with Gasteiger partial charge in [-0.05, 0) is 44.2 Å². The van der Waals surface area contributed by atoms with E-state index in [1.165, 1.54) is 12.8 Å². The van der Waals surface area contributed by atoms with Gasteiger partial charge in [0, 0.05) is 25.5 Å². The van der Waals surface area contributed by atoms with Crippen molar-refractivity contribution in [1.29, 1.82) is 0 Å². The van der Waals surface area contributed by atoms with Crippen LogP contribution in [0, 0.1) is 12.8 Å². The molecule has 0 saturated heterocycles. The van der Waals surface area contributed by atoms with Gasteiger partial charge in [-0.2, -0.15) is 0 Å². The van der Waals surface area contributed by atoms with Crippen LogP contribution < -0.4 is 11.1 Å². The predicted molar refractivity (Wildman–Crippen MR) is 81.5 cm³/mol. The lowest BCUT2D eigenvalue weighted by Crippen LogP contribution is -2.16. The molecule has 4 nitrogen and oxygen atoms in total. The van der Waals surface area contributed by atoms with Gasteiger partial charge in [0.1, 0.15) is 10.8 Å². The average molecular weight is 279 g/mol. The van der Waals surface area contributed by atoms with Crippen molar-refractivity contribution in [3.8, 4) is 0 Å². The Morgan fingerprint density at radius 1 is 1.53 bits per heavy atom. The van der Waals surface area contributed by atoms with E-state index in [9.17, 15) is 0 Å². The number of anilines is 1. The molecule has 2 rings (SSSR count). The summed E-state index contributed by atoms with van der Waals surface area (Å²) in [5.74, 6) is 1.60. The van der Waals surface area contributed by atoms with Crippen LogP contribution in [0.3, 0.4) is 0 Å². The highest BCUT2D eigenvalue weighted by atomic mass is 32.1. The summed E-state index contributed by atoms with van der Waals surface area (Å²) >= 11 is 5.02. The molecular weight excluding hydrogens is 258 g/mol. The molecule has 0 atom stereocenters. The van der Waals surface area contributed by atoms with E-state index in [1.807, 2.05) is 19.1 Å². The van der Waals surface area contributed by atoms with Gasteiger partial charge in [0.2, 0.25) is 0 Å². The molecule has 0 spiro atoms. The Labute approximate surface area is 119 Å². The average Bonchev–Trinajstić information content (AvgIpc) is 3.17. The molecule has 0 aromatic carbocycles. The van der Waals surface area contributed by atoms with Gasteiger partial charge >= 0.3 is 0 Å². The van der Waals surface area contributed by atoms with Crippen molar-refractivity contribution in [2.24, 2.45) is 11.7 Å². The molecule has 1 saturated carbocycles. The summed E-state index contributed by atoms with van der Waals surface area (Å²) in [4.78, 5) is 4.81. The molecule has 1 aromatic rings. The molecule has 1 aliphatic carbocycles. The smallest absolute Gasteiger partial charge is 0.136 e. The Kier molecular flexibility index (Phi) is 5.10. The molecule has 104 valence electrons. The number of nitrogens with zero attached hydrogens (tertiary/aromatic N) is 1. The van der Waals surface area contributed by atoms with Crippen LogP contribution in [0.5, 0.6) is 0 Å². The fourth-order valence-corrected chi connectivity index (χ4v) is 1.97. The van der Waals surface area contributed by atoms with Crippen molar-refractivity contribution >= 4 is 23.0 Å². The van der Waals surface area contributed by atoms with E-state index >= 15 is 0 Å². The van der Waals surface area contributed by atoms with E-state index in [0.717, 1.165) is 49.2 Å². The highest BCUT2D eigenvalue weighted by molar-refractivity contribution is 7.80. The van der Waals surface area contributed by atoms with Gasteiger partial charge < -0.3 is 15.8 Å². The van der Waals surface area contributed by atoms with Crippen LogP contribution >= 0.6 is 12.2 Å². The number of ether oxygens (including phenoxy) is 1. The summed E-state index contributed by atoms with van der Waals surface area (Å²) in [6.07, 6.45) is 3.63. The van der Waals surface area contributed by atoms with E-state index in [1.54, 1.807) is 0 Å². The van der Waals surface area contributed by atoms with Crippen LogP contribution in [0.1, 0.15) is 30.5 Å². The zero-order valence-corrected chi connectivity index (χ0v) is 12.1. The summed E-state index contributed by atoms with van der Waals surface area (Å²) in [5.41, 5.74) is 7.44. The van der Waals surface area contributed by atoms with E-state index in [-0.39, 0.29) is 0 Å². The van der Waals surface area contributed by atoms with Crippen molar-refractivity contribution in [2.75, 3.05) is 25.1 Å². The Balaban J connectivity index is 1.74. The van der Waals surface area contributed by atoms with Gasteiger partial charge in [0.25, 0.3) is 0 Å². The normalized spacial score (nSPS) is 14.4. The number of hydrogen-bond donors (Lipinski definition) is 2. The number of rotatable bonds is 8. The first-order valence-corrected chi connectivity index (χ1v) is 7.16. The van der Waals surface area contributed by atoms with Crippen LogP contribution in [0.25, 0.3) is 0 Å². The lowest BCUT2D eigenvalue weighted by Gasteiger charge is -2.11. The van der Waals surface area contributed by atoms with Gasteiger partial charge in [-0.1, -0.05) is 12.2 Å². The van der Waals surface area contributed by atoms with E-state index in [4.69, 9.17) is 22.7 Å². The zero-order valence-electron chi connectivity index (χ0n) is 11.3. The third kappa shape index (κ3) is 4.76. The summed E-state index contributed by atoms with van der Waals surface area (Å²) in [7, 11) is 0. The van der Waals surface area contributed by atoms with Crippen LogP contribution in [-0.4, -0.2) is 29.7 Å². The Morgan fingerprint density at radius 2 is 2.32 bits per heavy atom. The van der Waals surface area contributed by atoms with Gasteiger partial charge in [0.05, 0.1) is 5.56 Å². The molecule has 3 N–H and O–H groups in total. The van der Waals surface area contributed by atoms with Gasteiger partial charge in [-0.15, -0.1) is 0 Å². The minimum absolute atomic E-state index is 0.375. The first-order valence-electron chi connectivity index (χ1n) is 6.76. The summed E-state index contributed by atoms with van der Waals surface area (Å²) in [6, 6.07) is 3.83. The Hall–Kier alpha value is -1.20. The molecule has 0 unspecified atom stereocenters. The minimum atomic E-state index is 0.375. The third-order valence-corrected chi connectivity index (χ3v) is 3.33. The van der Waals surface area contributed by atoms with Crippen LogP contribution in [0.4, 0.5) is 5.82 Å². The highest BCUT2D eigenvalue weighted by Crippen LogP contribution is 2.28. The molecule has 19 heavy (non-hydrogen) atoms. The van der Waals surface area contributed by atoms with E-state index in [0.29, 0.717) is 4.99 Å². The van der Waals surface area contributed by atoms with Crippen molar-refractivity contribution in [3.05, 3.63) is 23.4 Å². The lowest BCUT2D eigenvalue weighted by atomic mass is 10.2. The summed E-state index contributed by atoms with van der Waals surface area (Å²) < 4.78 is 5.59. The molecule has 0 bridgehead atoms. The maximum atomic E-state index is 5.68. The first kappa shape index (κ1) is 14.2. The first-order chi connectivity index (χ1) is 9.16. The Morgan fingerprint density at radius 3 is 3.00 bits per heavy atom. The number of hydrogen-bond acceptors (Lipinski definition) is 4. The van der Waals surface area contributed by atoms with Gasteiger partial charge in [-0.3, -0.25) is 0 Å². The van der Waals surface area contributed by atoms with E-state index < -0.39 is 0 Å². The monoisotopic (exact) mass is 279 g/mol. The van der Waals surface area contributed by atoms with Crippen molar-refractivity contribution in [1.82, 2.24) is 4.98 Å². The van der Waals surface area contributed by atoms with E-state index in [2.05, 4.69) is 10.3 Å². The second kappa shape index (κ2) is 6.82. The largest absolute Gasteiger partial charge is 0.389 e. The SMILES string of the molecule is Cc1ccc(C(N)=S)c(NCCCOCC2CC2)n1. The molecule has 5 heteroatoms. The number of aryl methyl sites for hydroxylation is 1. The number of pyridine rings is 1. The minimum Gasteiger partial charge on any atom is -0.389 e. The van der Waals surface area contributed by atoms with Crippen LogP contribution in [-0.2, 0) is 4.74 Å². The number of nitrogens with two attached hydrogens (primary N) is 1. The maximum Gasteiger partial charge on any atom is 0.136 e. The van der Waals surface area contributed by atoms with Crippen LogP contribution in [0.2, 0.25) is 0 Å². The quantitative estimate of drug-likeness (QED) is 0.564. The molecular formula is C14H21N3OS. The molecule has 0 radical (unpaired) electrons. The van der Waals surface area contributed by atoms with Gasteiger partial charge in [-0.25, -0.2) is 4.98 Å². The molecule has 1 aromatic heterocycles. The zero-order chi connectivity index (χ0) is 13.7. The second-order valence-electron chi connectivity index (χ2n) is 5.01. The standard InChI is InChI=1S/C14H21N3OS/c1-10-3-6-12(13(15)19)14(17-10)16-7-2-8-18-9-11-4-5-11/h3,6,11H,2,4-5,7-9H2,1H3,(H2,15,19)(H,16,17). The third-order valence-electron chi connectivity index (χ3n) is 3.11. The molecule has 0 amide bonds. The van der Waals surface area contributed by atoms with Crippen molar-refractivity contribution in [3.63, 3.8) is 0 Å². The predicted octanol–water partition coefficient (Wildman–Crippen LogP) is 2.25. The number of aromatic nitrogens is 1. The van der Waals surface area contributed by atoms with Gasteiger partial charge in [0.15, 0.2) is 0 Å². The fourth-order valence-electron chi connectivity index (χ4n) is 1.81. The number of thiocarbonyl (C=S) groups is 1. The Bertz CT molecular complexity index is 446. The topological polar surface area (TPSA) is 60.2 Å². The number of nitrogens with one attached hydrogen (secondary N) is 1. The highest BCUT2D eigenvalue weighted by Gasteiger charge is 2.20. The summed E-state index contributed by atoms with van der Waals surface area (Å²) in [6.45, 7) is 4.47. The summed E-state index contributed by atoms with van der Waals surface area (Å²) in [5, 5.41) is 3.28. The molecule has 1 aliphatic rings. The second-order valence-corrected chi connectivity index (χ2v) is 5.45. The maximum absolute atomic E-state index is 5.68.